The quantitative estimate of drug-likeness (QED) is 0.436. The molecule has 1 aromatic rings. The van der Waals surface area contributed by atoms with Crippen LogP contribution in [-0.2, 0) is 5.91 Å². The van der Waals surface area contributed by atoms with Crippen molar-refractivity contribution in [2.24, 2.45) is 0 Å². The highest BCUT2D eigenvalue weighted by molar-refractivity contribution is 4.85. The number of hydrogen-bond acceptors (Lipinski definition) is 5. The molecule has 0 saturated heterocycles. The molecule has 0 saturated carbocycles. The largest absolute Gasteiger partial charge is 0.360 e. The summed E-state index contributed by atoms with van der Waals surface area (Å²) in [7, 11) is 0. The fourth-order valence-electron chi connectivity index (χ4n) is 0.887. The highest BCUT2D eigenvalue weighted by Gasteiger charge is 2.47. The van der Waals surface area contributed by atoms with Crippen LogP contribution in [0, 0.1) is 0 Å². The Hall–Kier alpha value is -0.950. The van der Waals surface area contributed by atoms with E-state index >= 15 is 0 Å². The Labute approximate surface area is 74.7 Å². The van der Waals surface area contributed by atoms with Crippen molar-refractivity contribution < 1.29 is 20.4 Å². The first-order chi connectivity index (χ1) is 5.92. The number of rotatable bonds is 3. The second-order valence-electron chi connectivity index (χ2n) is 2.78. The van der Waals surface area contributed by atoms with Gasteiger partial charge in [-0.05, 0) is 0 Å². The third kappa shape index (κ3) is 1.56. The van der Waals surface area contributed by atoms with E-state index in [1.54, 1.807) is 0 Å². The van der Waals surface area contributed by atoms with Gasteiger partial charge in [-0.3, -0.25) is 4.57 Å². The van der Waals surface area contributed by atoms with Crippen LogP contribution in [0.15, 0.2) is 18.7 Å². The molecule has 0 bridgehead atoms. The molecule has 6 heteroatoms. The second-order valence-corrected chi connectivity index (χ2v) is 2.78. The molecule has 0 aliphatic rings. The van der Waals surface area contributed by atoms with E-state index in [1.807, 2.05) is 0 Å². The molecule has 74 valence electrons. The summed E-state index contributed by atoms with van der Waals surface area (Å²) in [6.45, 7) is 1.41. The normalized spacial score (nSPS) is 13.3. The topological polar surface area (TPSA) is 98.7 Å². The van der Waals surface area contributed by atoms with Crippen LogP contribution in [0.2, 0.25) is 0 Å². The van der Waals surface area contributed by atoms with E-state index < -0.39 is 11.7 Å². The molecule has 0 spiro atoms. The summed E-state index contributed by atoms with van der Waals surface area (Å²) >= 11 is 0. The molecule has 13 heavy (non-hydrogen) atoms. The van der Waals surface area contributed by atoms with Gasteiger partial charge in [0.2, 0.25) is 5.79 Å². The predicted molar refractivity (Wildman–Crippen MR) is 42.1 cm³/mol. The Balaban J connectivity index is 3.02. The van der Waals surface area contributed by atoms with E-state index in [1.165, 1.54) is 19.3 Å². The summed E-state index contributed by atoms with van der Waals surface area (Å²) < 4.78 is 0.802. The molecule has 4 N–H and O–H groups in total. The Morgan fingerprint density at radius 2 is 1.92 bits per heavy atom. The van der Waals surface area contributed by atoms with Gasteiger partial charge in [-0.1, -0.05) is 6.92 Å². The minimum atomic E-state index is -2.77. The summed E-state index contributed by atoms with van der Waals surface area (Å²) in [6.07, 6.45) is 3.37. The van der Waals surface area contributed by atoms with Gasteiger partial charge in [0.15, 0.2) is 0 Å². The van der Waals surface area contributed by atoms with Gasteiger partial charge in [0, 0.05) is 18.8 Å². The molecule has 0 aliphatic heterocycles. The Morgan fingerprint density at radius 3 is 2.31 bits per heavy atom. The van der Waals surface area contributed by atoms with Gasteiger partial charge < -0.3 is 20.4 Å². The maximum absolute atomic E-state index is 9.38. The molecular weight excluding hydrogens is 176 g/mol. The first kappa shape index (κ1) is 10.1. The zero-order chi connectivity index (χ0) is 10.1. The van der Waals surface area contributed by atoms with Gasteiger partial charge in [0.1, 0.15) is 0 Å². The van der Waals surface area contributed by atoms with Gasteiger partial charge in [-0.15, -0.1) is 0 Å². The maximum Gasteiger partial charge on any atom is 0.308 e. The van der Waals surface area contributed by atoms with Crippen molar-refractivity contribution in [2.75, 3.05) is 0 Å². The zero-order valence-corrected chi connectivity index (χ0v) is 7.12. The highest BCUT2D eigenvalue weighted by atomic mass is 16.6. The zero-order valence-electron chi connectivity index (χ0n) is 7.12. The van der Waals surface area contributed by atoms with Gasteiger partial charge in [-0.25, -0.2) is 4.98 Å². The lowest BCUT2D eigenvalue weighted by Gasteiger charge is -2.34. The van der Waals surface area contributed by atoms with E-state index in [0.717, 1.165) is 10.9 Å². The van der Waals surface area contributed by atoms with Gasteiger partial charge in [-0.2, -0.15) is 0 Å². The van der Waals surface area contributed by atoms with Crippen molar-refractivity contribution >= 4 is 0 Å². The molecule has 0 amide bonds. The molecule has 6 nitrogen and oxygen atoms in total. The standard InChI is InChI=1S/C7H12N2O4/c1-2-6(10,11)7(12,13)9-4-3-8-5-9/h3-5,10-13H,2H2,1H3. The van der Waals surface area contributed by atoms with Crippen LogP contribution in [0.25, 0.3) is 0 Å². The molecule has 0 radical (unpaired) electrons. The SMILES string of the molecule is CCC(O)(O)C(O)(O)n1ccnc1. The van der Waals surface area contributed by atoms with Crippen molar-refractivity contribution in [1.82, 2.24) is 9.55 Å². The average molecular weight is 188 g/mol. The van der Waals surface area contributed by atoms with Crippen LogP contribution in [0.1, 0.15) is 13.3 Å². The predicted octanol–water partition coefficient (Wildman–Crippen LogP) is -1.43. The first-order valence-electron chi connectivity index (χ1n) is 3.79. The third-order valence-electron chi connectivity index (χ3n) is 1.89. The van der Waals surface area contributed by atoms with Crippen molar-refractivity contribution in [1.29, 1.82) is 0 Å². The van der Waals surface area contributed by atoms with Crippen molar-refractivity contribution in [2.45, 2.75) is 25.0 Å². The van der Waals surface area contributed by atoms with E-state index in [4.69, 9.17) is 0 Å². The fraction of sp³-hybridized carbons (Fsp3) is 0.571. The Morgan fingerprint density at radius 1 is 1.31 bits per heavy atom. The minimum absolute atomic E-state index is 0.224. The van der Waals surface area contributed by atoms with E-state index in [9.17, 15) is 20.4 Å². The molecular formula is C7H12N2O4. The molecule has 1 aromatic heterocycles. The number of aliphatic hydroxyl groups is 4. The highest BCUT2D eigenvalue weighted by Crippen LogP contribution is 2.24. The Bertz CT molecular complexity index is 268. The molecule has 0 fully saturated rings. The average Bonchev–Trinajstić information content (AvgIpc) is 2.56. The molecule has 0 aliphatic carbocycles. The number of aromatic nitrogens is 2. The van der Waals surface area contributed by atoms with Crippen LogP contribution < -0.4 is 0 Å². The summed E-state index contributed by atoms with van der Waals surface area (Å²) in [6, 6.07) is 0. The molecule has 1 rings (SSSR count). The van der Waals surface area contributed by atoms with Crippen LogP contribution in [0.5, 0.6) is 0 Å². The lowest BCUT2D eigenvalue weighted by molar-refractivity contribution is -0.401. The Kier molecular flexibility index (Phi) is 2.40. The van der Waals surface area contributed by atoms with Crippen molar-refractivity contribution in [3.8, 4) is 0 Å². The number of nitrogens with zero attached hydrogens (tertiary/aromatic N) is 2. The monoisotopic (exact) mass is 188 g/mol. The van der Waals surface area contributed by atoms with Gasteiger partial charge in [0.25, 0.3) is 0 Å². The summed E-state index contributed by atoms with van der Waals surface area (Å²) in [5, 5.41) is 37.2. The summed E-state index contributed by atoms with van der Waals surface area (Å²) in [5.74, 6) is -5.37. The van der Waals surface area contributed by atoms with Crippen LogP contribution in [0.4, 0.5) is 0 Å². The van der Waals surface area contributed by atoms with E-state index in [0.29, 0.717) is 0 Å². The molecule has 0 unspecified atom stereocenters. The van der Waals surface area contributed by atoms with E-state index in [-0.39, 0.29) is 6.42 Å². The smallest absolute Gasteiger partial charge is 0.308 e. The molecule has 0 atom stereocenters. The lowest BCUT2D eigenvalue weighted by atomic mass is 10.1. The molecule has 1 heterocycles. The third-order valence-corrected chi connectivity index (χ3v) is 1.89. The van der Waals surface area contributed by atoms with Crippen LogP contribution in [-0.4, -0.2) is 35.8 Å². The number of hydrogen-bond donors (Lipinski definition) is 4. The van der Waals surface area contributed by atoms with Gasteiger partial charge in [0.05, 0.1) is 6.33 Å². The van der Waals surface area contributed by atoms with Crippen molar-refractivity contribution in [3.05, 3.63) is 18.7 Å². The van der Waals surface area contributed by atoms with Crippen molar-refractivity contribution in [3.63, 3.8) is 0 Å². The van der Waals surface area contributed by atoms with Crippen LogP contribution in [0.3, 0.4) is 0 Å². The minimum Gasteiger partial charge on any atom is -0.360 e. The molecule has 0 aromatic carbocycles. The van der Waals surface area contributed by atoms with Crippen LogP contribution >= 0.6 is 0 Å². The number of imidazole rings is 1. The lowest BCUT2D eigenvalue weighted by Crippen LogP contribution is -2.55. The summed E-state index contributed by atoms with van der Waals surface area (Å²) in [5.41, 5.74) is 0. The maximum atomic E-state index is 9.38. The summed E-state index contributed by atoms with van der Waals surface area (Å²) in [4.78, 5) is 3.56. The van der Waals surface area contributed by atoms with E-state index in [2.05, 4.69) is 4.98 Å². The first-order valence-corrected chi connectivity index (χ1v) is 3.79. The second kappa shape index (κ2) is 3.08. The fourth-order valence-corrected chi connectivity index (χ4v) is 0.887. The van der Waals surface area contributed by atoms with Gasteiger partial charge >= 0.3 is 5.91 Å².